The zero-order chi connectivity index (χ0) is 9.14. The third-order valence-electron chi connectivity index (χ3n) is 1.30. The lowest BCUT2D eigenvalue weighted by molar-refractivity contribution is 0.341. The Morgan fingerprint density at radius 1 is 1.42 bits per heavy atom. The number of nitrogens with zero attached hydrogens (tertiary/aromatic N) is 1. The quantitative estimate of drug-likeness (QED) is 0.786. The fraction of sp³-hybridized carbons (Fsp3) is 0.286. The first-order valence-electron chi connectivity index (χ1n) is 3.12. The summed E-state index contributed by atoms with van der Waals surface area (Å²) in [6.45, 7) is 0. The third kappa shape index (κ3) is 1.74. The molecule has 66 valence electrons. The van der Waals surface area contributed by atoms with E-state index in [9.17, 15) is 0 Å². The zero-order valence-electron chi connectivity index (χ0n) is 6.60. The fourth-order valence-corrected chi connectivity index (χ4v) is 1.48. The number of hydrogen-bond donors (Lipinski definition) is 0. The molecule has 5 heteroatoms. The molecule has 1 heterocycles. The van der Waals surface area contributed by atoms with Gasteiger partial charge in [-0.05, 0) is 22.6 Å². The van der Waals surface area contributed by atoms with E-state index >= 15 is 0 Å². The largest absolute Gasteiger partial charge is 0.490 e. The van der Waals surface area contributed by atoms with Gasteiger partial charge < -0.3 is 9.47 Å². The lowest BCUT2D eigenvalue weighted by Gasteiger charge is -2.08. The molecule has 1 aromatic heterocycles. The maximum atomic E-state index is 5.82. The molecule has 0 bridgehead atoms. The van der Waals surface area contributed by atoms with Crippen molar-refractivity contribution in [2.45, 2.75) is 0 Å². The summed E-state index contributed by atoms with van der Waals surface area (Å²) in [5.74, 6) is 1.02. The van der Waals surface area contributed by atoms with Crippen molar-refractivity contribution in [2.24, 2.45) is 0 Å². The van der Waals surface area contributed by atoms with Gasteiger partial charge >= 0.3 is 0 Å². The van der Waals surface area contributed by atoms with E-state index in [4.69, 9.17) is 21.1 Å². The van der Waals surface area contributed by atoms with Gasteiger partial charge in [0.2, 0.25) is 0 Å². The molecule has 0 saturated carbocycles. The van der Waals surface area contributed by atoms with Crippen LogP contribution in [-0.2, 0) is 0 Å². The zero-order valence-corrected chi connectivity index (χ0v) is 9.51. The summed E-state index contributed by atoms with van der Waals surface area (Å²) in [7, 11) is 3.09. The normalized spacial score (nSPS) is 9.67. The lowest BCUT2D eigenvalue weighted by atomic mass is 10.4. The maximum Gasteiger partial charge on any atom is 0.257 e. The second kappa shape index (κ2) is 4.13. The topological polar surface area (TPSA) is 31.4 Å². The molecular formula is C7H7ClINO2. The second-order valence-electron chi connectivity index (χ2n) is 1.96. The Kier molecular flexibility index (Phi) is 3.39. The highest BCUT2D eigenvalue weighted by Crippen LogP contribution is 2.34. The van der Waals surface area contributed by atoms with E-state index in [-0.39, 0.29) is 0 Å². The molecule has 0 saturated heterocycles. The number of ether oxygens (including phenoxy) is 2. The lowest BCUT2D eigenvalue weighted by Crippen LogP contribution is -1.95. The standard InChI is InChI=1S/C7H7ClINO2/c1-11-6-5(9)4(8)3-10-7(6)12-2/h3H,1-2H3. The van der Waals surface area contributed by atoms with Crippen LogP contribution in [0.25, 0.3) is 0 Å². The van der Waals surface area contributed by atoms with Gasteiger partial charge in [-0.3, -0.25) is 0 Å². The molecule has 0 aromatic carbocycles. The highest BCUT2D eigenvalue weighted by Gasteiger charge is 2.12. The Morgan fingerprint density at radius 3 is 2.58 bits per heavy atom. The van der Waals surface area contributed by atoms with Crippen LogP contribution < -0.4 is 9.47 Å². The predicted molar refractivity (Wildman–Crippen MR) is 55.1 cm³/mol. The molecule has 1 aromatic rings. The Balaban J connectivity index is 3.25. The molecule has 12 heavy (non-hydrogen) atoms. The van der Waals surface area contributed by atoms with Gasteiger partial charge in [-0.25, -0.2) is 4.98 Å². The van der Waals surface area contributed by atoms with Gasteiger partial charge in [0.05, 0.1) is 29.0 Å². The molecule has 0 amide bonds. The van der Waals surface area contributed by atoms with E-state index in [1.165, 1.54) is 13.3 Å². The minimum Gasteiger partial charge on any atom is -0.490 e. The molecule has 0 unspecified atom stereocenters. The number of halogens is 2. The number of aromatic nitrogens is 1. The molecule has 0 radical (unpaired) electrons. The molecule has 0 fully saturated rings. The van der Waals surface area contributed by atoms with E-state index in [0.717, 1.165) is 3.57 Å². The van der Waals surface area contributed by atoms with Crippen molar-refractivity contribution in [2.75, 3.05) is 14.2 Å². The molecule has 0 atom stereocenters. The maximum absolute atomic E-state index is 5.82. The highest BCUT2D eigenvalue weighted by atomic mass is 127. The van der Waals surface area contributed by atoms with Crippen LogP contribution in [-0.4, -0.2) is 19.2 Å². The van der Waals surface area contributed by atoms with Gasteiger partial charge in [0.1, 0.15) is 0 Å². The van der Waals surface area contributed by atoms with Crippen molar-refractivity contribution in [1.82, 2.24) is 4.98 Å². The number of rotatable bonds is 2. The first-order chi connectivity index (χ1) is 5.70. The Morgan fingerprint density at radius 2 is 2.08 bits per heavy atom. The van der Waals surface area contributed by atoms with Crippen LogP contribution in [0.15, 0.2) is 6.20 Å². The average Bonchev–Trinajstić information content (AvgIpc) is 2.09. The van der Waals surface area contributed by atoms with Gasteiger partial charge in [-0.2, -0.15) is 0 Å². The Hall–Kier alpha value is -0.230. The van der Waals surface area contributed by atoms with Gasteiger partial charge in [0.25, 0.3) is 5.88 Å². The minimum atomic E-state index is 0.450. The van der Waals surface area contributed by atoms with Crippen LogP contribution in [0.2, 0.25) is 5.02 Å². The van der Waals surface area contributed by atoms with Gasteiger partial charge in [-0.15, -0.1) is 0 Å². The molecular weight excluding hydrogens is 292 g/mol. The van der Waals surface area contributed by atoms with Crippen LogP contribution in [0, 0.1) is 3.57 Å². The van der Waals surface area contributed by atoms with Crippen molar-refractivity contribution >= 4 is 34.2 Å². The minimum absolute atomic E-state index is 0.450. The molecule has 1 rings (SSSR count). The van der Waals surface area contributed by atoms with Gasteiger partial charge in [-0.1, -0.05) is 11.6 Å². The molecule has 0 aliphatic heterocycles. The van der Waals surface area contributed by atoms with Gasteiger partial charge in [0.15, 0.2) is 5.75 Å². The van der Waals surface area contributed by atoms with Crippen molar-refractivity contribution in [1.29, 1.82) is 0 Å². The SMILES string of the molecule is COc1ncc(Cl)c(I)c1OC. The van der Waals surface area contributed by atoms with Crippen LogP contribution in [0.4, 0.5) is 0 Å². The second-order valence-corrected chi connectivity index (χ2v) is 3.45. The molecule has 3 nitrogen and oxygen atoms in total. The van der Waals surface area contributed by atoms with Gasteiger partial charge in [0, 0.05) is 0 Å². The third-order valence-corrected chi connectivity index (χ3v) is 2.97. The molecule has 0 aliphatic carbocycles. The van der Waals surface area contributed by atoms with E-state index < -0.39 is 0 Å². The van der Waals surface area contributed by atoms with E-state index in [2.05, 4.69) is 27.6 Å². The number of hydrogen-bond acceptors (Lipinski definition) is 3. The fourth-order valence-electron chi connectivity index (χ4n) is 0.755. The number of pyridine rings is 1. The monoisotopic (exact) mass is 299 g/mol. The summed E-state index contributed by atoms with van der Waals surface area (Å²) in [5, 5.41) is 0.563. The Bertz CT molecular complexity index is 293. The first-order valence-corrected chi connectivity index (χ1v) is 4.58. The summed E-state index contributed by atoms with van der Waals surface area (Å²) in [6, 6.07) is 0. The summed E-state index contributed by atoms with van der Waals surface area (Å²) < 4.78 is 10.8. The predicted octanol–water partition coefficient (Wildman–Crippen LogP) is 2.36. The van der Waals surface area contributed by atoms with E-state index in [1.807, 2.05) is 0 Å². The Labute approximate surface area is 89.2 Å². The summed E-state index contributed by atoms with van der Waals surface area (Å²) >= 11 is 7.89. The van der Waals surface area contributed by atoms with E-state index in [1.54, 1.807) is 7.11 Å². The first kappa shape index (κ1) is 9.85. The van der Waals surface area contributed by atoms with Crippen LogP contribution >= 0.6 is 34.2 Å². The van der Waals surface area contributed by atoms with E-state index in [0.29, 0.717) is 16.7 Å². The van der Waals surface area contributed by atoms with Crippen molar-refractivity contribution in [3.8, 4) is 11.6 Å². The van der Waals surface area contributed by atoms with Crippen LogP contribution in [0.5, 0.6) is 11.6 Å². The van der Waals surface area contributed by atoms with Crippen molar-refractivity contribution in [3.05, 3.63) is 14.8 Å². The summed E-state index contributed by atoms with van der Waals surface area (Å²) in [5.41, 5.74) is 0. The van der Waals surface area contributed by atoms with Crippen LogP contribution in [0.3, 0.4) is 0 Å². The summed E-state index contributed by atoms with van der Waals surface area (Å²) in [4.78, 5) is 3.94. The smallest absolute Gasteiger partial charge is 0.257 e. The number of methoxy groups -OCH3 is 2. The molecule has 0 aliphatic rings. The van der Waals surface area contributed by atoms with Crippen molar-refractivity contribution < 1.29 is 9.47 Å². The van der Waals surface area contributed by atoms with Crippen molar-refractivity contribution in [3.63, 3.8) is 0 Å². The average molecular weight is 299 g/mol. The summed E-state index contributed by atoms with van der Waals surface area (Å²) in [6.07, 6.45) is 1.53. The molecule has 0 N–H and O–H groups in total. The highest BCUT2D eigenvalue weighted by molar-refractivity contribution is 14.1. The molecule has 0 spiro atoms. The van der Waals surface area contributed by atoms with Crippen LogP contribution in [0.1, 0.15) is 0 Å².